The summed E-state index contributed by atoms with van der Waals surface area (Å²) in [6.07, 6.45) is -0.949. The number of ether oxygens (including phenoxy) is 3. The van der Waals surface area contributed by atoms with Gasteiger partial charge in [-0.2, -0.15) is 5.10 Å². The van der Waals surface area contributed by atoms with Crippen LogP contribution in [0.25, 0.3) is 11.3 Å². The first-order valence-electron chi connectivity index (χ1n) is 9.96. The molecular weight excluding hydrogens is 382 g/mol. The second-order valence-electron chi connectivity index (χ2n) is 6.58. The molecule has 3 aromatic rings. The molecule has 0 aliphatic heterocycles. The van der Waals surface area contributed by atoms with Crippen LogP contribution in [0, 0.1) is 0 Å². The summed E-state index contributed by atoms with van der Waals surface area (Å²) in [5.41, 5.74) is 4.16. The number of aromatic nitrogens is 2. The van der Waals surface area contributed by atoms with E-state index in [1.165, 1.54) is 0 Å². The minimum atomic E-state index is -0.497. The molecule has 1 amide bonds. The predicted octanol–water partition coefficient (Wildman–Crippen LogP) is 4.91. The van der Waals surface area contributed by atoms with Gasteiger partial charge in [0.05, 0.1) is 11.4 Å². The van der Waals surface area contributed by atoms with Crippen molar-refractivity contribution in [3.05, 3.63) is 71.9 Å². The molecule has 3 rings (SSSR count). The monoisotopic (exact) mass is 409 g/mol. The first-order valence-corrected chi connectivity index (χ1v) is 9.96. The van der Waals surface area contributed by atoms with Gasteiger partial charge in [0, 0.05) is 31.5 Å². The van der Waals surface area contributed by atoms with E-state index in [1.54, 1.807) is 4.68 Å². The van der Waals surface area contributed by atoms with Gasteiger partial charge in [-0.15, -0.1) is 0 Å². The molecule has 2 aromatic carbocycles. The lowest BCUT2D eigenvalue weighted by molar-refractivity contribution is -0.144. The van der Waals surface area contributed by atoms with E-state index in [9.17, 15) is 4.79 Å². The van der Waals surface area contributed by atoms with E-state index in [0.29, 0.717) is 18.9 Å². The summed E-state index contributed by atoms with van der Waals surface area (Å²) in [6, 6.07) is 18.9. The molecule has 1 N–H and O–H groups in total. The van der Waals surface area contributed by atoms with E-state index in [4.69, 9.17) is 14.2 Å². The lowest BCUT2D eigenvalue weighted by Gasteiger charge is -2.16. The molecule has 1 aromatic heterocycles. The van der Waals surface area contributed by atoms with Gasteiger partial charge in [0.2, 0.25) is 6.29 Å². The second-order valence-corrected chi connectivity index (χ2v) is 6.58. The van der Waals surface area contributed by atoms with Crippen molar-refractivity contribution in [2.24, 2.45) is 7.05 Å². The lowest BCUT2D eigenvalue weighted by atomic mass is 10.1. The Labute approximate surface area is 176 Å². The molecule has 1 heterocycles. The summed E-state index contributed by atoms with van der Waals surface area (Å²) >= 11 is 0. The van der Waals surface area contributed by atoms with Crippen LogP contribution in [0.1, 0.15) is 31.4 Å². The minimum Gasteiger partial charge on any atom is -0.444 e. The van der Waals surface area contributed by atoms with E-state index < -0.39 is 12.4 Å². The maximum atomic E-state index is 12.0. The molecule has 7 heteroatoms. The van der Waals surface area contributed by atoms with Gasteiger partial charge in [-0.1, -0.05) is 42.5 Å². The molecule has 7 nitrogen and oxygen atoms in total. The number of benzene rings is 2. The predicted molar refractivity (Wildman–Crippen MR) is 115 cm³/mol. The Morgan fingerprint density at radius 3 is 2.33 bits per heavy atom. The smallest absolute Gasteiger partial charge is 0.411 e. The lowest BCUT2D eigenvalue weighted by Crippen LogP contribution is -2.13. The maximum Gasteiger partial charge on any atom is 0.411 e. The zero-order chi connectivity index (χ0) is 21.3. The highest BCUT2D eigenvalue weighted by Crippen LogP contribution is 2.26. The molecule has 30 heavy (non-hydrogen) atoms. The first kappa shape index (κ1) is 21.5. The molecular formula is C23H27N3O4. The fourth-order valence-electron chi connectivity index (χ4n) is 2.97. The van der Waals surface area contributed by atoms with Crippen LogP contribution in [0.2, 0.25) is 0 Å². The number of hydrogen-bond acceptors (Lipinski definition) is 5. The van der Waals surface area contributed by atoms with Gasteiger partial charge in [0.25, 0.3) is 0 Å². The van der Waals surface area contributed by atoms with Gasteiger partial charge < -0.3 is 14.2 Å². The van der Waals surface area contributed by atoms with E-state index in [2.05, 4.69) is 10.4 Å². The van der Waals surface area contributed by atoms with Gasteiger partial charge >= 0.3 is 6.09 Å². The number of rotatable bonds is 9. The van der Waals surface area contributed by atoms with E-state index >= 15 is 0 Å². The van der Waals surface area contributed by atoms with Crippen LogP contribution in [0.15, 0.2) is 60.7 Å². The number of aryl methyl sites for hydroxylation is 1. The zero-order valence-electron chi connectivity index (χ0n) is 17.5. The third-order valence-electron chi connectivity index (χ3n) is 4.43. The van der Waals surface area contributed by atoms with Gasteiger partial charge in [0.15, 0.2) is 0 Å². The fourth-order valence-corrected chi connectivity index (χ4v) is 2.97. The standard InChI is InChI=1S/C23H27N3O4/c1-4-28-22(29-5-2)21-15-20(25-26(21)3)18-11-13-19(14-12-18)24-23(27)30-16-17-9-7-6-8-10-17/h6-15,22H,4-5,16H2,1-3H3,(H,24,27). The molecule has 0 aliphatic rings. The van der Waals surface area contributed by atoms with Crippen molar-refractivity contribution < 1.29 is 19.0 Å². The van der Waals surface area contributed by atoms with Crippen LogP contribution in [-0.4, -0.2) is 29.1 Å². The van der Waals surface area contributed by atoms with Crippen molar-refractivity contribution in [2.45, 2.75) is 26.7 Å². The number of carbonyl (C=O) groups excluding carboxylic acids is 1. The number of amides is 1. The molecule has 0 atom stereocenters. The summed E-state index contributed by atoms with van der Waals surface area (Å²) in [4.78, 5) is 12.0. The molecule has 0 fully saturated rings. The van der Waals surface area contributed by atoms with Crippen molar-refractivity contribution >= 4 is 11.8 Å². The summed E-state index contributed by atoms with van der Waals surface area (Å²) in [7, 11) is 1.86. The highest BCUT2D eigenvalue weighted by atomic mass is 16.7. The van der Waals surface area contributed by atoms with Gasteiger partial charge in [-0.3, -0.25) is 10.00 Å². The Morgan fingerprint density at radius 1 is 1.03 bits per heavy atom. The molecule has 0 unspecified atom stereocenters. The van der Waals surface area contributed by atoms with Crippen molar-refractivity contribution in [1.82, 2.24) is 9.78 Å². The SMILES string of the molecule is CCOC(OCC)c1cc(-c2ccc(NC(=O)OCc3ccccc3)cc2)nn1C. The molecule has 0 saturated carbocycles. The molecule has 158 valence electrons. The fraction of sp³-hybridized carbons (Fsp3) is 0.304. The average Bonchev–Trinajstić information content (AvgIpc) is 3.15. The molecule has 0 aliphatic carbocycles. The third kappa shape index (κ3) is 5.68. The highest BCUT2D eigenvalue weighted by Gasteiger charge is 2.18. The number of anilines is 1. The van der Waals surface area contributed by atoms with E-state index in [0.717, 1.165) is 22.5 Å². The van der Waals surface area contributed by atoms with Crippen LogP contribution < -0.4 is 5.32 Å². The summed E-state index contributed by atoms with van der Waals surface area (Å²) in [5.74, 6) is 0. The van der Waals surface area contributed by atoms with Crippen molar-refractivity contribution in [2.75, 3.05) is 18.5 Å². The van der Waals surface area contributed by atoms with Crippen LogP contribution >= 0.6 is 0 Å². The number of nitrogens with zero attached hydrogens (tertiary/aromatic N) is 2. The van der Waals surface area contributed by atoms with Crippen LogP contribution in [-0.2, 0) is 27.9 Å². The zero-order valence-corrected chi connectivity index (χ0v) is 17.5. The third-order valence-corrected chi connectivity index (χ3v) is 4.43. The quantitative estimate of drug-likeness (QED) is 0.509. The Balaban J connectivity index is 1.62. The van der Waals surface area contributed by atoms with Crippen molar-refractivity contribution in [3.8, 4) is 11.3 Å². The summed E-state index contributed by atoms with van der Waals surface area (Å²) < 4.78 is 18.4. The number of nitrogens with one attached hydrogen (secondary N) is 1. The van der Waals surface area contributed by atoms with Crippen molar-refractivity contribution in [3.63, 3.8) is 0 Å². The maximum absolute atomic E-state index is 12.0. The Kier molecular flexibility index (Phi) is 7.59. The summed E-state index contributed by atoms with van der Waals surface area (Å²) in [6.45, 7) is 5.18. The molecule has 0 bridgehead atoms. The topological polar surface area (TPSA) is 74.6 Å². The minimum absolute atomic E-state index is 0.225. The van der Waals surface area contributed by atoms with E-state index in [-0.39, 0.29) is 6.61 Å². The second kappa shape index (κ2) is 10.6. The van der Waals surface area contributed by atoms with Crippen LogP contribution in [0.3, 0.4) is 0 Å². The number of hydrogen-bond donors (Lipinski definition) is 1. The van der Waals surface area contributed by atoms with Crippen LogP contribution in [0.5, 0.6) is 0 Å². The van der Waals surface area contributed by atoms with E-state index in [1.807, 2.05) is 81.6 Å². The van der Waals surface area contributed by atoms with Crippen LogP contribution in [0.4, 0.5) is 10.5 Å². The molecule has 0 radical (unpaired) electrons. The largest absolute Gasteiger partial charge is 0.444 e. The average molecular weight is 409 g/mol. The Hall–Kier alpha value is -3.16. The summed E-state index contributed by atoms with van der Waals surface area (Å²) in [5, 5.41) is 7.30. The Morgan fingerprint density at radius 2 is 1.70 bits per heavy atom. The molecule has 0 spiro atoms. The highest BCUT2D eigenvalue weighted by molar-refractivity contribution is 5.85. The molecule has 0 saturated heterocycles. The normalized spacial score (nSPS) is 10.9. The Bertz CT molecular complexity index is 933. The van der Waals surface area contributed by atoms with Crippen molar-refractivity contribution in [1.29, 1.82) is 0 Å². The van der Waals surface area contributed by atoms with Gasteiger partial charge in [-0.25, -0.2) is 4.79 Å². The number of carbonyl (C=O) groups is 1. The van der Waals surface area contributed by atoms with Gasteiger partial charge in [-0.05, 0) is 37.6 Å². The van der Waals surface area contributed by atoms with Gasteiger partial charge in [0.1, 0.15) is 6.61 Å². The first-order chi connectivity index (χ1) is 14.6.